The van der Waals surface area contributed by atoms with Crippen LogP contribution in [0.5, 0.6) is 0 Å². The van der Waals surface area contributed by atoms with Crippen LogP contribution in [-0.4, -0.2) is 73.4 Å². The van der Waals surface area contributed by atoms with E-state index in [1.54, 1.807) is 6.08 Å². The Morgan fingerprint density at radius 2 is 0.882 bits per heavy atom. The fourth-order valence-electron chi connectivity index (χ4n) is 8.17. The molecule has 3 atom stereocenters. The first kappa shape index (κ1) is 66.2. The summed E-state index contributed by atoms with van der Waals surface area (Å²) in [4.78, 5) is 23.2. The topological polar surface area (TPSA) is 105 Å². The molecular weight excluding hydrogens is 864 g/mol. The van der Waals surface area contributed by atoms with Crippen LogP contribution >= 0.6 is 7.82 Å². The van der Waals surface area contributed by atoms with Gasteiger partial charge in [0.1, 0.15) is 13.2 Å². The molecule has 3 N–H and O–H groups in total. The molecule has 0 aromatic heterocycles. The molecule has 68 heavy (non-hydrogen) atoms. The van der Waals surface area contributed by atoms with Gasteiger partial charge >= 0.3 is 7.82 Å². The molecule has 0 saturated carbocycles. The maximum atomic E-state index is 12.9. The maximum Gasteiger partial charge on any atom is 0.472 e. The number of phosphoric acid groups is 1. The van der Waals surface area contributed by atoms with Crippen LogP contribution in [0.2, 0.25) is 0 Å². The number of nitrogens with zero attached hydrogens (tertiary/aromatic N) is 1. The average molecular weight is 977 g/mol. The van der Waals surface area contributed by atoms with Gasteiger partial charge in [0.15, 0.2) is 0 Å². The van der Waals surface area contributed by atoms with Crippen molar-refractivity contribution >= 4 is 13.7 Å². The number of carbonyl (C=O) groups excluding carboxylic acids is 1. The van der Waals surface area contributed by atoms with Gasteiger partial charge in [0, 0.05) is 6.42 Å². The van der Waals surface area contributed by atoms with Gasteiger partial charge in [-0.1, -0.05) is 242 Å². The highest BCUT2D eigenvalue weighted by molar-refractivity contribution is 7.47. The highest BCUT2D eigenvalue weighted by Crippen LogP contribution is 2.43. The van der Waals surface area contributed by atoms with Crippen molar-refractivity contribution in [3.05, 3.63) is 60.8 Å². The van der Waals surface area contributed by atoms with E-state index in [-0.39, 0.29) is 19.1 Å². The lowest BCUT2D eigenvalue weighted by atomic mass is 10.0. The number of quaternary nitrogens is 1. The van der Waals surface area contributed by atoms with E-state index in [2.05, 4.69) is 67.8 Å². The van der Waals surface area contributed by atoms with Crippen molar-refractivity contribution in [3.63, 3.8) is 0 Å². The van der Waals surface area contributed by atoms with Crippen molar-refractivity contribution in [1.29, 1.82) is 0 Å². The van der Waals surface area contributed by atoms with Gasteiger partial charge in [0.25, 0.3) is 0 Å². The molecule has 0 aliphatic heterocycles. The van der Waals surface area contributed by atoms with Crippen molar-refractivity contribution in [1.82, 2.24) is 5.32 Å². The molecule has 0 heterocycles. The summed E-state index contributed by atoms with van der Waals surface area (Å²) in [5.41, 5.74) is 0. The van der Waals surface area contributed by atoms with Crippen LogP contribution in [0.4, 0.5) is 0 Å². The summed E-state index contributed by atoms with van der Waals surface area (Å²) in [6.07, 6.45) is 67.9. The Hall–Kier alpha value is -1.80. The summed E-state index contributed by atoms with van der Waals surface area (Å²) in [6, 6.07) is -0.868. The first-order valence-electron chi connectivity index (χ1n) is 28.7. The Morgan fingerprint density at radius 1 is 0.500 bits per heavy atom. The summed E-state index contributed by atoms with van der Waals surface area (Å²) >= 11 is 0. The summed E-state index contributed by atoms with van der Waals surface area (Å²) in [5.74, 6) is -0.191. The third kappa shape index (κ3) is 52.0. The second-order valence-electron chi connectivity index (χ2n) is 20.6. The van der Waals surface area contributed by atoms with E-state index in [9.17, 15) is 19.4 Å². The molecule has 0 bridgehead atoms. The molecule has 0 fully saturated rings. The number of carbonyl (C=O) groups is 1. The zero-order chi connectivity index (χ0) is 49.9. The van der Waals surface area contributed by atoms with Gasteiger partial charge in [-0.3, -0.25) is 13.8 Å². The monoisotopic (exact) mass is 976 g/mol. The van der Waals surface area contributed by atoms with E-state index in [1.807, 2.05) is 27.2 Å². The van der Waals surface area contributed by atoms with E-state index in [1.165, 1.54) is 180 Å². The van der Waals surface area contributed by atoms with Crippen LogP contribution in [0.25, 0.3) is 0 Å². The zero-order valence-electron chi connectivity index (χ0n) is 45.3. The number of phosphoric ester groups is 1. The van der Waals surface area contributed by atoms with Crippen LogP contribution in [0.3, 0.4) is 0 Å². The predicted octanol–water partition coefficient (Wildman–Crippen LogP) is 17.3. The van der Waals surface area contributed by atoms with E-state index >= 15 is 0 Å². The lowest BCUT2D eigenvalue weighted by molar-refractivity contribution is -0.870. The van der Waals surface area contributed by atoms with Gasteiger partial charge in [-0.2, -0.15) is 0 Å². The summed E-state index contributed by atoms with van der Waals surface area (Å²) < 4.78 is 23.6. The number of aliphatic hydroxyl groups is 1. The largest absolute Gasteiger partial charge is 0.472 e. The van der Waals surface area contributed by atoms with Crippen molar-refractivity contribution < 1.29 is 32.9 Å². The minimum atomic E-state index is -4.35. The number of allylic oxidation sites excluding steroid dienone is 9. The van der Waals surface area contributed by atoms with Gasteiger partial charge < -0.3 is 19.8 Å². The molecule has 0 aliphatic carbocycles. The Labute approximate surface area is 422 Å². The number of nitrogens with one attached hydrogen (secondary N) is 1. The number of hydrogen-bond acceptors (Lipinski definition) is 5. The standard InChI is InChI=1S/C59H111N2O6P/c1-6-8-10-12-14-16-18-19-20-21-22-23-24-25-26-27-28-29-30-31-32-33-34-35-36-37-38-39-40-41-43-45-47-49-51-53-59(63)60-57(56-67-68(64,65)66-55-54-61(3,4)5)58(62)52-50-48-46-44-42-17-15-13-11-9-7-2/h11,13,18-19,21-22,42,44,50,52,57-58,62H,6-10,12,14-17,20,23-41,43,45-49,51,53-56H2,1-5H3,(H-,60,63,64,65)/p+1/b13-11+,19-18-,22-21-,44-42+,52-50+. The minimum absolute atomic E-state index is 0.0531. The van der Waals surface area contributed by atoms with E-state index in [4.69, 9.17) is 9.05 Å². The Kier molecular flexibility index (Phi) is 48.8. The fraction of sp³-hybridized carbons (Fsp3) is 0.814. The van der Waals surface area contributed by atoms with Gasteiger partial charge in [-0.05, 0) is 70.6 Å². The van der Waals surface area contributed by atoms with Gasteiger partial charge in [0.05, 0.1) is 39.9 Å². The van der Waals surface area contributed by atoms with Gasteiger partial charge in [0.2, 0.25) is 5.91 Å². The molecule has 1 amide bonds. The van der Waals surface area contributed by atoms with Crippen molar-refractivity contribution in [2.24, 2.45) is 0 Å². The van der Waals surface area contributed by atoms with Gasteiger partial charge in [-0.25, -0.2) is 4.57 Å². The van der Waals surface area contributed by atoms with Gasteiger partial charge in [-0.15, -0.1) is 0 Å². The summed E-state index contributed by atoms with van der Waals surface area (Å²) in [6.45, 7) is 4.71. The van der Waals surface area contributed by atoms with Crippen LogP contribution in [0.15, 0.2) is 60.8 Å². The maximum absolute atomic E-state index is 12.9. The summed E-state index contributed by atoms with van der Waals surface area (Å²) in [5, 5.41) is 13.8. The number of aliphatic hydroxyl groups excluding tert-OH is 1. The lowest BCUT2D eigenvalue weighted by Crippen LogP contribution is -2.45. The number of likely N-dealkylation sites (N-methyl/N-ethyl adjacent to an activating group) is 1. The van der Waals surface area contributed by atoms with Crippen LogP contribution in [-0.2, 0) is 18.4 Å². The lowest BCUT2D eigenvalue weighted by Gasteiger charge is -2.25. The van der Waals surface area contributed by atoms with Crippen molar-refractivity contribution in [3.8, 4) is 0 Å². The van der Waals surface area contributed by atoms with Crippen LogP contribution in [0.1, 0.15) is 258 Å². The Bertz CT molecular complexity index is 1290. The average Bonchev–Trinajstić information content (AvgIpc) is 3.30. The molecule has 8 nitrogen and oxygen atoms in total. The molecule has 0 aromatic rings. The molecule has 0 aromatic carbocycles. The van der Waals surface area contributed by atoms with Crippen molar-refractivity contribution in [2.45, 2.75) is 270 Å². The third-order valence-electron chi connectivity index (χ3n) is 12.7. The third-order valence-corrected chi connectivity index (χ3v) is 13.7. The molecule has 0 saturated heterocycles. The molecule has 398 valence electrons. The molecule has 3 unspecified atom stereocenters. The molecule has 9 heteroatoms. The highest BCUT2D eigenvalue weighted by atomic mass is 31.2. The molecule has 0 spiro atoms. The van der Waals surface area contributed by atoms with Crippen molar-refractivity contribution in [2.75, 3.05) is 40.9 Å². The normalized spacial score (nSPS) is 14.4. The van der Waals surface area contributed by atoms with E-state index in [0.29, 0.717) is 17.4 Å². The summed E-state index contributed by atoms with van der Waals surface area (Å²) in [7, 11) is 1.55. The zero-order valence-corrected chi connectivity index (χ0v) is 46.2. The molecular formula is C59H112N2O6P+. The molecule has 0 aliphatic rings. The molecule has 0 radical (unpaired) electrons. The quantitative estimate of drug-likeness (QED) is 0.0243. The second kappa shape index (κ2) is 50.2. The number of rotatable bonds is 52. The molecule has 0 rings (SSSR count). The SMILES string of the molecule is CCC/C=C/CC/C=C/CC/C=C/C(O)C(COP(=O)(O)OCC[N+](C)(C)C)NC(=O)CCCCCCCCCCCCCCCCCCCCCCCCC/C=C\C/C=C\CCCCCCC. The number of amides is 1. The number of unbranched alkanes of at least 4 members (excludes halogenated alkanes) is 31. The first-order chi connectivity index (χ1) is 33.0. The fourth-order valence-corrected chi connectivity index (χ4v) is 8.91. The Balaban J connectivity index is 3.94. The van der Waals surface area contributed by atoms with Crippen LogP contribution < -0.4 is 5.32 Å². The minimum Gasteiger partial charge on any atom is -0.387 e. The Morgan fingerprint density at radius 3 is 1.31 bits per heavy atom. The second-order valence-corrected chi connectivity index (χ2v) is 22.1. The van der Waals surface area contributed by atoms with Crippen LogP contribution in [0, 0.1) is 0 Å². The number of hydrogen-bond donors (Lipinski definition) is 3. The first-order valence-corrected chi connectivity index (χ1v) is 30.2. The van der Waals surface area contributed by atoms with E-state index < -0.39 is 20.0 Å². The van der Waals surface area contributed by atoms with E-state index in [0.717, 1.165) is 57.8 Å². The smallest absolute Gasteiger partial charge is 0.387 e. The predicted molar refractivity (Wildman–Crippen MR) is 295 cm³/mol. The highest BCUT2D eigenvalue weighted by Gasteiger charge is 2.27.